The molecule has 0 bridgehead atoms. The number of hydrogen-bond acceptors (Lipinski definition) is 3. The smallest absolute Gasteiger partial charge is 0.119 e. The Bertz CT molecular complexity index is 564. The number of rotatable bonds is 3. The van der Waals surface area contributed by atoms with Gasteiger partial charge < -0.3 is 4.74 Å². The number of methoxy groups -OCH3 is 1. The molecule has 2 aromatic rings. The van der Waals surface area contributed by atoms with E-state index in [2.05, 4.69) is 6.07 Å². The summed E-state index contributed by atoms with van der Waals surface area (Å²) in [4.78, 5) is 0.982. The Labute approximate surface area is 104 Å². The molecule has 17 heavy (non-hydrogen) atoms. The first-order chi connectivity index (χ1) is 8.33. The van der Waals surface area contributed by atoms with Gasteiger partial charge in [-0.1, -0.05) is 18.2 Å². The minimum absolute atomic E-state index is 0.674. The average molecular weight is 241 g/mol. The van der Waals surface area contributed by atoms with E-state index >= 15 is 0 Å². The van der Waals surface area contributed by atoms with Gasteiger partial charge >= 0.3 is 0 Å². The van der Waals surface area contributed by atoms with E-state index in [1.807, 2.05) is 47.9 Å². The third kappa shape index (κ3) is 2.74. The van der Waals surface area contributed by atoms with Crippen molar-refractivity contribution in [2.45, 2.75) is 0 Å². The summed E-state index contributed by atoms with van der Waals surface area (Å²) in [6.07, 6.45) is 1.87. The molecule has 0 radical (unpaired) electrons. The number of ether oxygens (including phenoxy) is 1. The molecule has 0 amide bonds. The Kier molecular flexibility index (Phi) is 3.59. The molecule has 2 nitrogen and oxygen atoms in total. The first-order valence-electron chi connectivity index (χ1n) is 5.13. The van der Waals surface area contributed by atoms with Crippen LogP contribution in [0.4, 0.5) is 0 Å². The highest BCUT2D eigenvalue weighted by molar-refractivity contribution is 7.11. The zero-order valence-corrected chi connectivity index (χ0v) is 10.2. The number of hydrogen-bond donors (Lipinski definition) is 0. The molecule has 1 heterocycles. The van der Waals surface area contributed by atoms with Gasteiger partial charge in [0.1, 0.15) is 11.8 Å². The van der Waals surface area contributed by atoms with Crippen molar-refractivity contribution < 1.29 is 4.74 Å². The van der Waals surface area contributed by atoms with Crippen LogP contribution in [-0.4, -0.2) is 7.11 Å². The summed E-state index contributed by atoms with van der Waals surface area (Å²) in [5, 5.41) is 11.1. The van der Waals surface area contributed by atoms with Crippen molar-refractivity contribution in [1.29, 1.82) is 5.26 Å². The molecular weight excluding hydrogens is 230 g/mol. The van der Waals surface area contributed by atoms with Crippen molar-refractivity contribution in [3.63, 3.8) is 0 Å². The van der Waals surface area contributed by atoms with Gasteiger partial charge in [-0.05, 0) is 35.2 Å². The maximum absolute atomic E-state index is 9.14. The van der Waals surface area contributed by atoms with Gasteiger partial charge in [-0.25, -0.2) is 0 Å². The summed E-state index contributed by atoms with van der Waals surface area (Å²) in [7, 11) is 1.63. The molecule has 0 saturated carbocycles. The first kappa shape index (κ1) is 11.4. The quantitative estimate of drug-likeness (QED) is 0.765. The average Bonchev–Trinajstić information content (AvgIpc) is 2.90. The van der Waals surface area contributed by atoms with Gasteiger partial charge in [-0.15, -0.1) is 11.3 Å². The molecule has 0 aliphatic heterocycles. The Hall–Kier alpha value is -2.05. The number of benzene rings is 1. The van der Waals surface area contributed by atoms with Crippen molar-refractivity contribution in [1.82, 2.24) is 0 Å². The highest BCUT2D eigenvalue weighted by Gasteiger charge is 2.02. The monoisotopic (exact) mass is 241 g/mol. The molecule has 1 aromatic carbocycles. The predicted molar refractivity (Wildman–Crippen MR) is 70.8 cm³/mol. The third-order valence-electron chi connectivity index (χ3n) is 2.31. The summed E-state index contributed by atoms with van der Waals surface area (Å²) in [6, 6.07) is 13.8. The molecule has 0 spiro atoms. The van der Waals surface area contributed by atoms with Crippen LogP contribution in [0.1, 0.15) is 10.4 Å². The number of allylic oxidation sites excluding steroid dienone is 1. The largest absolute Gasteiger partial charge is 0.497 e. The highest BCUT2D eigenvalue weighted by atomic mass is 32.1. The second kappa shape index (κ2) is 5.33. The normalized spacial score (nSPS) is 10.9. The van der Waals surface area contributed by atoms with Gasteiger partial charge in [-0.3, -0.25) is 0 Å². The lowest BCUT2D eigenvalue weighted by Crippen LogP contribution is -1.83. The van der Waals surface area contributed by atoms with Crippen LogP contribution in [0, 0.1) is 11.3 Å². The van der Waals surface area contributed by atoms with Gasteiger partial charge in [0.25, 0.3) is 0 Å². The zero-order valence-electron chi connectivity index (χ0n) is 9.38. The van der Waals surface area contributed by atoms with E-state index in [0.717, 1.165) is 16.2 Å². The zero-order chi connectivity index (χ0) is 12.1. The van der Waals surface area contributed by atoms with E-state index in [4.69, 9.17) is 10.00 Å². The van der Waals surface area contributed by atoms with Crippen LogP contribution in [0.25, 0.3) is 11.6 Å². The van der Waals surface area contributed by atoms with Crippen LogP contribution in [-0.2, 0) is 0 Å². The minimum Gasteiger partial charge on any atom is -0.497 e. The van der Waals surface area contributed by atoms with Crippen LogP contribution in [0.3, 0.4) is 0 Å². The van der Waals surface area contributed by atoms with Crippen molar-refractivity contribution in [3.05, 3.63) is 52.2 Å². The summed E-state index contributed by atoms with van der Waals surface area (Å²) < 4.78 is 5.15. The molecule has 84 valence electrons. The summed E-state index contributed by atoms with van der Waals surface area (Å²) >= 11 is 1.56. The number of nitriles is 1. The van der Waals surface area contributed by atoms with Crippen molar-refractivity contribution >= 4 is 23.0 Å². The van der Waals surface area contributed by atoms with Crippen LogP contribution in [0.5, 0.6) is 5.75 Å². The molecule has 0 aliphatic carbocycles. The number of nitrogens with zero attached hydrogens (tertiary/aromatic N) is 1. The van der Waals surface area contributed by atoms with Crippen molar-refractivity contribution in [2.75, 3.05) is 7.11 Å². The van der Waals surface area contributed by atoms with Crippen LogP contribution in [0.15, 0.2) is 41.8 Å². The Balaban J connectivity index is 2.37. The van der Waals surface area contributed by atoms with Crippen LogP contribution < -0.4 is 4.74 Å². The standard InChI is InChI=1S/C14H11NOS/c1-16-13-5-2-4-11(9-13)8-12(10-15)14-6-3-7-17-14/h2-9H,1H3/b12-8+. The van der Waals surface area contributed by atoms with Gasteiger partial charge in [0.05, 0.1) is 12.7 Å². The van der Waals surface area contributed by atoms with E-state index in [1.54, 1.807) is 18.4 Å². The maximum Gasteiger partial charge on any atom is 0.119 e. The lowest BCUT2D eigenvalue weighted by atomic mass is 10.1. The van der Waals surface area contributed by atoms with Crippen molar-refractivity contribution in [3.8, 4) is 11.8 Å². The lowest BCUT2D eigenvalue weighted by molar-refractivity contribution is 0.414. The van der Waals surface area contributed by atoms with E-state index in [-0.39, 0.29) is 0 Å². The molecule has 1 aromatic heterocycles. The molecule has 2 rings (SSSR count). The molecule has 3 heteroatoms. The Morgan fingerprint density at radius 3 is 2.88 bits per heavy atom. The van der Waals surface area contributed by atoms with E-state index < -0.39 is 0 Å². The molecule has 0 aliphatic rings. The summed E-state index contributed by atoms with van der Waals surface area (Å²) in [5.41, 5.74) is 1.64. The Morgan fingerprint density at radius 2 is 2.24 bits per heavy atom. The highest BCUT2D eigenvalue weighted by Crippen LogP contribution is 2.23. The number of thiophene rings is 1. The van der Waals surface area contributed by atoms with Crippen LogP contribution >= 0.6 is 11.3 Å². The molecule has 0 saturated heterocycles. The SMILES string of the molecule is COc1cccc(/C=C(\C#N)c2cccs2)c1. The second-order valence-electron chi connectivity index (χ2n) is 3.42. The van der Waals surface area contributed by atoms with Gasteiger partial charge in [-0.2, -0.15) is 5.26 Å². The molecule has 0 fully saturated rings. The fourth-order valence-corrected chi connectivity index (χ4v) is 2.18. The minimum atomic E-state index is 0.674. The van der Waals surface area contributed by atoms with Gasteiger partial charge in [0, 0.05) is 4.88 Å². The lowest BCUT2D eigenvalue weighted by Gasteiger charge is -2.01. The van der Waals surface area contributed by atoms with Crippen molar-refractivity contribution in [2.24, 2.45) is 0 Å². The predicted octanol–water partition coefficient (Wildman–Crippen LogP) is 3.82. The fourth-order valence-electron chi connectivity index (χ4n) is 1.49. The topological polar surface area (TPSA) is 33.0 Å². The Morgan fingerprint density at radius 1 is 1.35 bits per heavy atom. The van der Waals surface area contributed by atoms with E-state index in [0.29, 0.717) is 5.57 Å². The van der Waals surface area contributed by atoms with E-state index in [1.165, 1.54) is 0 Å². The van der Waals surface area contributed by atoms with E-state index in [9.17, 15) is 0 Å². The molecule has 0 atom stereocenters. The molecule has 0 N–H and O–H groups in total. The summed E-state index contributed by atoms with van der Waals surface area (Å²) in [6.45, 7) is 0. The summed E-state index contributed by atoms with van der Waals surface area (Å²) in [5.74, 6) is 0.794. The third-order valence-corrected chi connectivity index (χ3v) is 3.22. The van der Waals surface area contributed by atoms with Crippen LogP contribution in [0.2, 0.25) is 0 Å². The molecular formula is C14H11NOS. The fraction of sp³-hybridized carbons (Fsp3) is 0.0714. The van der Waals surface area contributed by atoms with Gasteiger partial charge in [0.15, 0.2) is 0 Å². The maximum atomic E-state index is 9.14. The van der Waals surface area contributed by atoms with Gasteiger partial charge in [0.2, 0.25) is 0 Å². The molecule has 0 unspecified atom stereocenters. The second-order valence-corrected chi connectivity index (χ2v) is 4.37. The first-order valence-corrected chi connectivity index (χ1v) is 6.01.